The number of hydrogen-bond acceptors (Lipinski definition) is 4. The number of urea groups is 1. The Kier molecular flexibility index (Phi) is 3.68. The molecule has 2 saturated heterocycles. The first-order valence-corrected chi connectivity index (χ1v) is 9.27. The molecule has 7 heteroatoms. The first-order valence-electron chi connectivity index (χ1n) is 7.62. The van der Waals surface area contributed by atoms with E-state index < -0.39 is 14.6 Å². The predicted molar refractivity (Wildman–Crippen MR) is 78.8 cm³/mol. The molecule has 1 atom stereocenters. The molecule has 3 fully saturated rings. The normalized spacial score (nSPS) is 29.4. The summed E-state index contributed by atoms with van der Waals surface area (Å²) >= 11 is 0. The molecule has 2 aliphatic heterocycles. The molecule has 1 spiro atoms. The van der Waals surface area contributed by atoms with Crippen LogP contribution in [0, 0.1) is 11.8 Å². The summed E-state index contributed by atoms with van der Waals surface area (Å²) in [6, 6.07) is -0.111. The standard InChI is InChI=1S/C14H24N2O4S/c1-15(2)13(17)16-9-14(10-16)12(5-6-21(14,18)19)8-20-7-11-3-4-11/h11-12H,3-10H2,1-2H3/t12-/m0/s1. The molecule has 2 amide bonds. The highest BCUT2D eigenvalue weighted by Crippen LogP contribution is 2.45. The summed E-state index contributed by atoms with van der Waals surface area (Å²) in [5, 5.41) is 0. The molecular formula is C14H24N2O4S. The van der Waals surface area contributed by atoms with E-state index >= 15 is 0 Å². The van der Waals surface area contributed by atoms with Gasteiger partial charge in [-0.05, 0) is 25.2 Å². The minimum atomic E-state index is -3.12. The number of sulfone groups is 1. The van der Waals surface area contributed by atoms with Crippen molar-refractivity contribution in [1.82, 2.24) is 9.80 Å². The van der Waals surface area contributed by atoms with Crippen molar-refractivity contribution in [3.8, 4) is 0 Å². The maximum atomic E-state index is 12.4. The Balaban J connectivity index is 1.63. The van der Waals surface area contributed by atoms with E-state index in [1.807, 2.05) is 0 Å². The van der Waals surface area contributed by atoms with Gasteiger partial charge in [0.25, 0.3) is 0 Å². The summed E-state index contributed by atoms with van der Waals surface area (Å²) in [5.41, 5.74) is 0. The quantitative estimate of drug-likeness (QED) is 0.761. The van der Waals surface area contributed by atoms with Crippen molar-refractivity contribution < 1.29 is 17.9 Å². The Morgan fingerprint density at radius 2 is 1.90 bits per heavy atom. The fourth-order valence-corrected chi connectivity index (χ4v) is 5.79. The second kappa shape index (κ2) is 5.12. The fourth-order valence-electron chi connectivity index (χ4n) is 3.39. The van der Waals surface area contributed by atoms with Crippen LogP contribution in [0.2, 0.25) is 0 Å². The average Bonchev–Trinajstić information content (AvgIpc) is 3.12. The van der Waals surface area contributed by atoms with Crippen LogP contribution in [0.4, 0.5) is 4.79 Å². The number of carbonyl (C=O) groups excluding carboxylic acids is 1. The van der Waals surface area contributed by atoms with E-state index in [0.29, 0.717) is 32.0 Å². The SMILES string of the molecule is CN(C)C(=O)N1CC2(C1)[C@H](COCC1CC1)CCS2(=O)=O. The van der Waals surface area contributed by atoms with Gasteiger partial charge >= 0.3 is 6.03 Å². The second-order valence-corrected chi connectivity index (χ2v) is 9.33. The van der Waals surface area contributed by atoms with Gasteiger partial charge in [-0.1, -0.05) is 0 Å². The molecule has 1 saturated carbocycles. The smallest absolute Gasteiger partial charge is 0.319 e. The van der Waals surface area contributed by atoms with Crippen LogP contribution in [0.5, 0.6) is 0 Å². The van der Waals surface area contributed by atoms with Gasteiger partial charge in [0.15, 0.2) is 9.84 Å². The third-order valence-corrected chi connectivity index (χ3v) is 7.64. The number of likely N-dealkylation sites (tertiary alicyclic amines) is 1. The molecule has 0 bridgehead atoms. The lowest BCUT2D eigenvalue weighted by Gasteiger charge is -2.50. The Morgan fingerprint density at radius 1 is 1.24 bits per heavy atom. The van der Waals surface area contributed by atoms with Crippen LogP contribution in [0.3, 0.4) is 0 Å². The third kappa shape index (κ3) is 2.54. The molecule has 0 aromatic heterocycles. The molecule has 3 aliphatic rings. The van der Waals surface area contributed by atoms with Crippen molar-refractivity contribution in [2.24, 2.45) is 11.8 Å². The van der Waals surface area contributed by atoms with E-state index in [2.05, 4.69) is 0 Å². The van der Waals surface area contributed by atoms with E-state index in [0.717, 1.165) is 6.61 Å². The lowest BCUT2D eigenvalue weighted by atomic mass is 9.84. The zero-order valence-corrected chi connectivity index (χ0v) is 13.6. The Morgan fingerprint density at radius 3 is 2.48 bits per heavy atom. The number of amides is 2. The summed E-state index contributed by atoms with van der Waals surface area (Å²) in [4.78, 5) is 15.0. The van der Waals surface area contributed by atoms with Gasteiger partial charge < -0.3 is 14.5 Å². The molecule has 21 heavy (non-hydrogen) atoms. The van der Waals surface area contributed by atoms with Gasteiger partial charge in [0, 0.05) is 39.7 Å². The van der Waals surface area contributed by atoms with Crippen molar-refractivity contribution >= 4 is 15.9 Å². The zero-order chi connectivity index (χ0) is 15.3. The van der Waals surface area contributed by atoms with E-state index in [9.17, 15) is 13.2 Å². The highest BCUT2D eigenvalue weighted by Gasteiger charge is 2.62. The molecule has 1 aliphatic carbocycles. The minimum Gasteiger partial charge on any atom is -0.381 e. The van der Waals surface area contributed by atoms with E-state index in [1.165, 1.54) is 17.7 Å². The van der Waals surface area contributed by atoms with Crippen molar-refractivity contribution in [3.63, 3.8) is 0 Å². The van der Waals surface area contributed by atoms with Crippen molar-refractivity contribution in [1.29, 1.82) is 0 Å². The Bertz CT molecular complexity index is 521. The van der Waals surface area contributed by atoms with Gasteiger partial charge in [0.05, 0.1) is 12.4 Å². The van der Waals surface area contributed by atoms with Crippen molar-refractivity contribution in [2.45, 2.75) is 24.0 Å². The molecular weight excluding hydrogens is 292 g/mol. The van der Waals surface area contributed by atoms with Crippen molar-refractivity contribution in [2.75, 3.05) is 46.2 Å². The van der Waals surface area contributed by atoms with Crippen molar-refractivity contribution in [3.05, 3.63) is 0 Å². The first-order chi connectivity index (χ1) is 9.86. The summed E-state index contributed by atoms with van der Waals surface area (Å²) in [6.07, 6.45) is 3.13. The van der Waals surface area contributed by atoms with Gasteiger partial charge in [-0.2, -0.15) is 0 Å². The summed E-state index contributed by atoms with van der Waals surface area (Å²) in [7, 11) is 0.256. The van der Waals surface area contributed by atoms with Crippen LogP contribution in [-0.2, 0) is 14.6 Å². The van der Waals surface area contributed by atoms with E-state index in [-0.39, 0.29) is 17.7 Å². The molecule has 0 aromatic rings. The number of carbonyl (C=O) groups is 1. The minimum absolute atomic E-state index is 0.0347. The summed E-state index contributed by atoms with van der Waals surface area (Å²) in [6.45, 7) is 1.92. The molecule has 120 valence electrons. The van der Waals surface area contributed by atoms with Crippen LogP contribution in [0.25, 0.3) is 0 Å². The second-order valence-electron chi connectivity index (χ2n) is 6.88. The van der Waals surface area contributed by atoms with E-state index in [1.54, 1.807) is 19.0 Å². The fraction of sp³-hybridized carbons (Fsp3) is 0.929. The highest BCUT2D eigenvalue weighted by atomic mass is 32.2. The molecule has 0 unspecified atom stereocenters. The average molecular weight is 316 g/mol. The van der Waals surface area contributed by atoms with E-state index in [4.69, 9.17) is 4.74 Å². The predicted octanol–water partition coefficient (Wildman–Crippen LogP) is 0.584. The van der Waals surface area contributed by atoms with Gasteiger partial charge in [-0.25, -0.2) is 13.2 Å². The van der Waals surface area contributed by atoms with Crippen LogP contribution < -0.4 is 0 Å². The third-order valence-electron chi connectivity index (χ3n) is 5.04. The van der Waals surface area contributed by atoms with Gasteiger partial charge in [-0.3, -0.25) is 0 Å². The topological polar surface area (TPSA) is 66.9 Å². The van der Waals surface area contributed by atoms with Gasteiger partial charge in [0.2, 0.25) is 0 Å². The maximum Gasteiger partial charge on any atom is 0.319 e. The lowest BCUT2D eigenvalue weighted by Crippen LogP contribution is -2.69. The number of ether oxygens (including phenoxy) is 1. The maximum absolute atomic E-state index is 12.4. The summed E-state index contributed by atoms with van der Waals surface area (Å²) in [5.74, 6) is 0.952. The molecule has 3 rings (SSSR count). The number of rotatable bonds is 4. The number of nitrogens with zero attached hydrogens (tertiary/aromatic N) is 2. The lowest BCUT2D eigenvalue weighted by molar-refractivity contribution is 0.0350. The largest absolute Gasteiger partial charge is 0.381 e. The first kappa shape index (κ1) is 15.1. The Labute approximate surface area is 126 Å². The van der Waals surface area contributed by atoms with Gasteiger partial charge in [0.1, 0.15) is 4.75 Å². The summed E-state index contributed by atoms with van der Waals surface area (Å²) < 4.78 is 29.8. The van der Waals surface area contributed by atoms with Crippen LogP contribution >= 0.6 is 0 Å². The Hall–Kier alpha value is -0.820. The molecule has 6 nitrogen and oxygen atoms in total. The van der Waals surface area contributed by atoms with Crippen LogP contribution in [0.1, 0.15) is 19.3 Å². The highest BCUT2D eigenvalue weighted by molar-refractivity contribution is 7.93. The monoisotopic (exact) mass is 316 g/mol. The number of hydrogen-bond donors (Lipinski definition) is 0. The van der Waals surface area contributed by atoms with Gasteiger partial charge in [-0.15, -0.1) is 0 Å². The van der Waals surface area contributed by atoms with Crippen LogP contribution in [-0.4, -0.2) is 75.1 Å². The molecule has 0 N–H and O–H groups in total. The molecule has 2 heterocycles. The van der Waals surface area contributed by atoms with Crippen LogP contribution in [0.15, 0.2) is 0 Å². The molecule has 0 radical (unpaired) electrons. The molecule has 0 aromatic carbocycles. The zero-order valence-electron chi connectivity index (χ0n) is 12.7.